The second-order valence-corrected chi connectivity index (χ2v) is 9.25. The quantitative estimate of drug-likeness (QED) is 0.437. The van der Waals surface area contributed by atoms with Crippen LogP contribution in [0.15, 0.2) is 65.6 Å². The third-order valence-electron chi connectivity index (χ3n) is 5.07. The largest absolute Gasteiger partial charge is 0.495 e. The second-order valence-electron chi connectivity index (χ2n) is 7.57. The zero-order valence-electron chi connectivity index (χ0n) is 19.9. The van der Waals surface area contributed by atoms with Crippen LogP contribution in [0, 0.1) is 6.92 Å². The second kappa shape index (κ2) is 10.9. The topological polar surface area (TPSA) is 137 Å². The SMILES string of the molecule is COC(=O)c1cc(NS(=O)(=O)c2ccc(OC)c(NC(=O)c3ccc(C)cc3)c2)cc(C(=O)OC)c1. The summed E-state index contributed by atoms with van der Waals surface area (Å²) in [4.78, 5) is 36.5. The molecule has 36 heavy (non-hydrogen) atoms. The first-order chi connectivity index (χ1) is 17.1. The van der Waals surface area contributed by atoms with Gasteiger partial charge in [-0.15, -0.1) is 0 Å². The van der Waals surface area contributed by atoms with E-state index in [1.807, 2.05) is 6.92 Å². The van der Waals surface area contributed by atoms with Gasteiger partial charge < -0.3 is 19.5 Å². The van der Waals surface area contributed by atoms with Gasteiger partial charge in [0.2, 0.25) is 0 Å². The summed E-state index contributed by atoms with van der Waals surface area (Å²) >= 11 is 0. The standard InChI is InChI=1S/C25H24N2O8S/c1-15-5-7-16(8-6-15)23(28)26-21-14-20(9-10-22(21)33-2)36(31,32)27-19-12-17(24(29)34-3)11-18(13-19)25(30)35-4/h5-14,27H,1-4H3,(H,26,28). The number of hydrogen-bond donors (Lipinski definition) is 2. The van der Waals surface area contributed by atoms with E-state index in [1.165, 1.54) is 43.5 Å². The molecule has 0 unspecified atom stereocenters. The van der Waals surface area contributed by atoms with E-state index >= 15 is 0 Å². The molecule has 3 aromatic rings. The smallest absolute Gasteiger partial charge is 0.337 e. The summed E-state index contributed by atoms with van der Waals surface area (Å²) in [6, 6.07) is 14.4. The van der Waals surface area contributed by atoms with Crippen LogP contribution >= 0.6 is 0 Å². The van der Waals surface area contributed by atoms with Gasteiger partial charge in [-0.2, -0.15) is 0 Å². The Bertz CT molecular complexity index is 1380. The molecule has 0 aliphatic heterocycles. The molecular weight excluding hydrogens is 488 g/mol. The lowest BCUT2D eigenvalue weighted by Gasteiger charge is -2.14. The molecule has 0 bridgehead atoms. The first-order valence-electron chi connectivity index (χ1n) is 10.5. The number of carbonyl (C=O) groups excluding carboxylic acids is 3. The number of aryl methyl sites for hydroxylation is 1. The van der Waals surface area contributed by atoms with Crippen LogP contribution in [0.4, 0.5) is 11.4 Å². The van der Waals surface area contributed by atoms with Crippen LogP contribution in [0.5, 0.6) is 5.75 Å². The Hall–Kier alpha value is -4.38. The minimum absolute atomic E-state index is 0.0566. The summed E-state index contributed by atoms with van der Waals surface area (Å²) in [6.07, 6.45) is 0. The molecule has 3 aromatic carbocycles. The van der Waals surface area contributed by atoms with E-state index in [1.54, 1.807) is 24.3 Å². The molecule has 1 amide bonds. The molecule has 0 saturated carbocycles. The van der Waals surface area contributed by atoms with Crippen molar-refractivity contribution in [1.82, 2.24) is 0 Å². The number of sulfonamides is 1. The number of methoxy groups -OCH3 is 3. The van der Waals surface area contributed by atoms with Gasteiger partial charge in [0.15, 0.2) is 0 Å². The molecule has 0 heterocycles. The van der Waals surface area contributed by atoms with Gasteiger partial charge in [-0.3, -0.25) is 9.52 Å². The van der Waals surface area contributed by atoms with Crippen LogP contribution in [0.3, 0.4) is 0 Å². The first-order valence-corrected chi connectivity index (χ1v) is 12.0. The lowest BCUT2D eigenvalue weighted by Crippen LogP contribution is -2.16. The predicted octanol–water partition coefficient (Wildman–Crippen LogP) is 3.63. The maximum atomic E-state index is 13.2. The average Bonchev–Trinajstić information content (AvgIpc) is 2.87. The fourth-order valence-corrected chi connectivity index (χ4v) is 4.29. The maximum absolute atomic E-state index is 13.2. The number of ether oxygens (including phenoxy) is 3. The van der Waals surface area contributed by atoms with Crippen molar-refractivity contribution >= 4 is 39.2 Å². The molecule has 0 radical (unpaired) electrons. The van der Waals surface area contributed by atoms with E-state index in [0.717, 1.165) is 19.8 Å². The third-order valence-corrected chi connectivity index (χ3v) is 6.45. The molecule has 10 nitrogen and oxygen atoms in total. The Morgan fingerprint density at radius 2 is 1.33 bits per heavy atom. The van der Waals surface area contributed by atoms with Gasteiger partial charge in [0.25, 0.3) is 15.9 Å². The lowest BCUT2D eigenvalue weighted by atomic mass is 10.1. The first kappa shape index (κ1) is 26.2. The minimum atomic E-state index is -4.23. The van der Waals surface area contributed by atoms with Crippen LogP contribution in [-0.2, 0) is 19.5 Å². The molecule has 0 aliphatic rings. The summed E-state index contributed by atoms with van der Waals surface area (Å²) in [6.45, 7) is 1.89. The number of hydrogen-bond acceptors (Lipinski definition) is 8. The molecule has 0 saturated heterocycles. The number of nitrogens with one attached hydrogen (secondary N) is 2. The van der Waals surface area contributed by atoms with E-state index in [9.17, 15) is 22.8 Å². The monoisotopic (exact) mass is 512 g/mol. The highest BCUT2D eigenvalue weighted by Gasteiger charge is 2.21. The number of amides is 1. The third kappa shape index (κ3) is 5.99. The summed E-state index contributed by atoms with van der Waals surface area (Å²) in [5, 5.41) is 2.66. The Morgan fingerprint density at radius 1 is 0.750 bits per heavy atom. The van der Waals surface area contributed by atoms with E-state index in [0.29, 0.717) is 5.56 Å². The van der Waals surface area contributed by atoms with Crippen molar-refractivity contribution < 1.29 is 37.0 Å². The highest BCUT2D eigenvalue weighted by atomic mass is 32.2. The molecule has 0 fully saturated rings. The van der Waals surface area contributed by atoms with Crippen molar-refractivity contribution in [3.8, 4) is 5.75 Å². The van der Waals surface area contributed by atoms with E-state index < -0.39 is 27.9 Å². The molecule has 2 N–H and O–H groups in total. The zero-order chi connectivity index (χ0) is 26.5. The highest BCUT2D eigenvalue weighted by Crippen LogP contribution is 2.29. The van der Waals surface area contributed by atoms with Gasteiger partial charge in [0, 0.05) is 5.56 Å². The average molecular weight is 513 g/mol. The Balaban J connectivity index is 1.96. The predicted molar refractivity (Wildman–Crippen MR) is 132 cm³/mol. The molecule has 0 aliphatic carbocycles. The summed E-state index contributed by atoms with van der Waals surface area (Å²) in [5.41, 5.74) is 1.31. The van der Waals surface area contributed by atoms with Gasteiger partial charge in [-0.25, -0.2) is 18.0 Å². The van der Waals surface area contributed by atoms with E-state index in [-0.39, 0.29) is 33.1 Å². The summed E-state index contributed by atoms with van der Waals surface area (Å²) < 4.78 is 43.2. The molecule has 3 rings (SSSR count). The van der Waals surface area contributed by atoms with Gasteiger partial charge in [-0.1, -0.05) is 17.7 Å². The van der Waals surface area contributed by atoms with Crippen molar-refractivity contribution in [2.75, 3.05) is 31.4 Å². The van der Waals surface area contributed by atoms with E-state index in [2.05, 4.69) is 19.5 Å². The Kier molecular flexibility index (Phi) is 7.95. The number of benzene rings is 3. The number of anilines is 2. The van der Waals surface area contributed by atoms with Crippen molar-refractivity contribution in [3.05, 3.63) is 82.9 Å². The number of esters is 2. The highest BCUT2D eigenvalue weighted by molar-refractivity contribution is 7.92. The fraction of sp³-hybridized carbons (Fsp3) is 0.160. The van der Waals surface area contributed by atoms with Crippen LogP contribution in [0.2, 0.25) is 0 Å². The Morgan fingerprint density at radius 3 is 1.86 bits per heavy atom. The van der Waals surface area contributed by atoms with Gasteiger partial charge in [0.1, 0.15) is 5.75 Å². The molecular formula is C25H24N2O8S. The maximum Gasteiger partial charge on any atom is 0.337 e. The normalized spacial score (nSPS) is 10.8. The molecule has 0 atom stereocenters. The summed E-state index contributed by atoms with van der Waals surface area (Å²) in [7, 11) is -0.534. The van der Waals surface area contributed by atoms with Crippen LogP contribution in [0.1, 0.15) is 36.6 Å². The Labute approximate surface area is 208 Å². The zero-order valence-corrected chi connectivity index (χ0v) is 20.8. The number of carbonyl (C=O) groups is 3. The van der Waals surface area contributed by atoms with Gasteiger partial charge in [0.05, 0.1) is 48.7 Å². The molecule has 0 aromatic heterocycles. The van der Waals surface area contributed by atoms with Crippen molar-refractivity contribution in [2.24, 2.45) is 0 Å². The van der Waals surface area contributed by atoms with Crippen LogP contribution in [-0.4, -0.2) is 47.6 Å². The lowest BCUT2D eigenvalue weighted by molar-refractivity contribution is 0.0599. The van der Waals surface area contributed by atoms with Gasteiger partial charge in [-0.05, 0) is 55.5 Å². The minimum Gasteiger partial charge on any atom is -0.495 e. The molecule has 0 spiro atoms. The summed E-state index contributed by atoms with van der Waals surface area (Å²) in [5.74, 6) is -1.75. The van der Waals surface area contributed by atoms with Crippen molar-refractivity contribution in [2.45, 2.75) is 11.8 Å². The van der Waals surface area contributed by atoms with Crippen LogP contribution < -0.4 is 14.8 Å². The molecule has 11 heteroatoms. The van der Waals surface area contributed by atoms with Crippen molar-refractivity contribution in [3.63, 3.8) is 0 Å². The van der Waals surface area contributed by atoms with Crippen molar-refractivity contribution in [1.29, 1.82) is 0 Å². The molecule has 188 valence electrons. The fourth-order valence-electron chi connectivity index (χ4n) is 3.22. The van der Waals surface area contributed by atoms with E-state index in [4.69, 9.17) is 4.74 Å². The number of rotatable bonds is 8. The van der Waals surface area contributed by atoms with Crippen LogP contribution in [0.25, 0.3) is 0 Å². The van der Waals surface area contributed by atoms with Gasteiger partial charge >= 0.3 is 11.9 Å².